The van der Waals surface area contributed by atoms with Crippen molar-refractivity contribution in [1.82, 2.24) is 0 Å². The molecule has 3 rings (SSSR count). The zero-order chi connectivity index (χ0) is 24.6. The maximum atomic E-state index is 13.1. The van der Waals surface area contributed by atoms with Gasteiger partial charge in [0.2, 0.25) is 5.91 Å². The number of fused-ring (bicyclic) bond motifs is 1. The largest absolute Gasteiger partial charge is 0.573 e. The Hall–Kier alpha value is -3.03. The first-order valence-corrected chi connectivity index (χ1v) is 10.9. The van der Waals surface area contributed by atoms with E-state index in [0.29, 0.717) is 42.6 Å². The van der Waals surface area contributed by atoms with Gasteiger partial charge in [-0.05, 0) is 67.1 Å². The molecule has 0 atom stereocenters. The van der Waals surface area contributed by atoms with Crippen LogP contribution in [0.3, 0.4) is 0 Å². The van der Waals surface area contributed by atoms with E-state index in [1.165, 1.54) is 12.1 Å². The van der Waals surface area contributed by atoms with Gasteiger partial charge in [0.25, 0.3) is 0 Å². The quantitative estimate of drug-likeness (QED) is 0.547. The van der Waals surface area contributed by atoms with E-state index in [1.54, 1.807) is 17.0 Å². The second-order valence-electron chi connectivity index (χ2n) is 9.01. The first kappa shape index (κ1) is 24.6. The summed E-state index contributed by atoms with van der Waals surface area (Å²) in [5.74, 6) is -1.29. The minimum absolute atomic E-state index is 0.0287. The zero-order valence-electron chi connectivity index (χ0n) is 19.2. The molecule has 0 fully saturated rings. The predicted molar refractivity (Wildman–Crippen MR) is 120 cm³/mol. The molecule has 0 radical (unpaired) electrons. The summed E-state index contributed by atoms with van der Waals surface area (Å²) in [4.78, 5) is 25.2. The Bertz CT molecular complexity index is 1080. The molecule has 0 saturated heterocycles. The lowest BCUT2D eigenvalue weighted by Gasteiger charge is -2.39. The number of ether oxygens (including phenoxy) is 1. The Morgan fingerprint density at radius 2 is 1.88 bits per heavy atom. The minimum atomic E-state index is -4.87. The van der Waals surface area contributed by atoms with Crippen LogP contribution in [-0.2, 0) is 21.4 Å². The summed E-state index contributed by atoms with van der Waals surface area (Å²) in [6, 6.07) is 8.11. The number of benzene rings is 2. The molecular formula is C25H28F3NO4. The van der Waals surface area contributed by atoms with Gasteiger partial charge in [0.05, 0.1) is 0 Å². The molecule has 2 aromatic rings. The smallest absolute Gasteiger partial charge is 0.481 e. The van der Waals surface area contributed by atoms with Crippen LogP contribution in [0.2, 0.25) is 0 Å². The maximum Gasteiger partial charge on any atom is 0.573 e. The molecule has 1 aliphatic heterocycles. The van der Waals surface area contributed by atoms with Crippen molar-refractivity contribution in [3.8, 4) is 16.9 Å². The van der Waals surface area contributed by atoms with Crippen LogP contribution < -0.4 is 9.64 Å². The van der Waals surface area contributed by atoms with Crippen molar-refractivity contribution >= 4 is 17.6 Å². The molecule has 8 heteroatoms. The standard InChI is InChI=1S/C25H28F3NO4/c1-5-29-20-13-17(15(2)11-19(20)24(3,4)14-22(29)30)18-12-16(7-6-8-23(31)32)9-10-21(18)33-25(26,27)28/h9-13H,5-8,14H2,1-4H3,(H,31,32). The average molecular weight is 463 g/mol. The van der Waals surface area contributed by atoms with Crippen molar-refractivity contribution in [3.05, 3.63) is 47.0 Å². The number of anilines is 1. The number of aryl methyl sites for hydroxylation is 2. The third kappa shape index (κ3) is 5.49. The third-order valence-electron chi connectivity index (χ3n) is 5.99. The van der Waals surface area contributed by atoms with E-state index in [9.17, 15) is 22.8 Å². The molecule has 1 heterocycles. The van der Waals surface area contributed by atoms with Gasteiger partial charge >= 0.3 is 12.3 Å². The van der Waals surface area contributed by atoms with E-state index < -0.39 is 17.7 Å². The SMILES string of the molecule is CCN1C(=O)CC(C)(C)c2cc(C)c(-c3cc(CCCC(=O)O)ccc3OC(F)(F)F)cc21. The molecule has 0 spiro atoms. The fourth-order valence-electron chi connectivity index (χ4n) is 4.40. The van der Waals surface area contributed by atoms with E-state index in [0.717, 1.165) is 11.1 Å². The Morgan fingerprint density at radius 3 is 2.48 bits per heavy atom. The summed E-state index contributed by atoms with van der Waals surface area (Å²) >= 11 is 0. The van der Waals surface area contributed by atoms with E-state index in [4.69, 9.17) is 5.11 Å². The Morgan fingerprint density at radius 1 is 1.18 bits per heavy atom. The average Bonchev–Trinajstić information content (AvgIpc) is 2.68. The van der Waals surface area contributed by atoms with Crippen molar-refractivity contribution in [2.24, 2.45) is 0 Å². The van der Waals surface area contributed by atoms with Crippen LogP contribution in [0, 0.1) is 6.92 Å². The number of carbonyl (C=O) groups excluding carboxylic acids is 1. The normalized spacial score (nSPS) is 15.4. The summed E-state index contributed by atoms with van der Waals surface area (Å²) in [5, 5.41) is 8.88. The summed E-state index contributed by atoms with van der Waals surface area (Å²) in [5.41, 5.74) is 3.54. The summed E-state index contributed by atoms with van der Waals surface area (Å²) in [7, 11) is 0. The number of nitrogens with zero attached hydrogens (tertiary/aromatic N) is 1. The van der Waals surface area contributed by atoms with Crippen LogP contribution in [0.15, 0.2) is 30.3 Å². The Labute approximate surface area is 191 Å². The first-order valence-electron chi connectivity index (χ1n) is 10.9. The number of carboxylic acids is 1. The highest BCUT2D eigenvalue weighted by molar-refractivity contribution is 5.99. The second kappa shape index (κ2) is 9.08. The van der Waals surface area contributed by atoms with Gasteiger partial charge in [0.15, 0.2) is 0 Å². The monoisotopic (exact) mass is 463 g/mol. The van der Waals surface area contributed by atoms with Crippen LogP contribution in [0.4, 0.5) is 18.9 Å². The van der Waals surface area contributed by atoms with Crippen molar-refractivity contribution in [2.45, 2.75) is 65.2 Å². The van der Waals surface area contributed by atoms with Crippen LogP contribution >= 0.6 is 0 Å². The second-order valence-corrected chi connectivity index (χ2v) is 9.01. The van der Waals surface area contributed by atoms with Crippen molar-refractivity contribution < 1.29 is 32.6 Å². The number of halogens is 3. The number of hydrogen-bond donors (Lipinski definition) is 1. The summed E-state index contributed by atoms with van der Waals surface area (Å²) < 4.78 is 43.7. The van der Waals surface area contributed by atoms with Crippen LogP contribution in [0.25, 0.3) is 11.1 Å². The van der Waals surface area contributed by atoms with Crippen molar-refractivity contribution in [1.29, 1.82) is 0 Å². The van der Waals surface area contributed by atoms with Gasteiger partial charge in [-0.2, -0.15) is 0 Å². The molecule has 1 aliphatic rings. The molecule has 0 unspecified atom stereocenters. The molecule has 1 amide bonds. The van der Waals surface area contributed by atoms with Gasteiger partial charge < -0.3 is 14.7 Å². The number of carbonyl (C=O) groups is 2. The van der Waals surface area contributed by atoms with E-state index >= 15 is 0 Å². The fraction of sp³-hybridized carbons (Fsp3) is 0.440. The minimum Gasteiger partial charge on any atom is -0.481 e. The first-order chi connectivity index (χ1) is 15.3. The van der Waals surface area contributed by atoms with Gasteiger partial charge in [-0.3, -0.25) is 9.59 Å². The highest BCUT2D eigenvalue weighted by atomic mass is 19.4. The Kier molecular flexibility index (Phi) is 6.77. The number of amides is 1. The molecule has 0 aliphatic carbocycles. The lowest BCUT2D eigenvalue weighted by Crippen LogP contribution is -2.41. The van der Waals surface area contributed by atoms with Gasteiger partial charge in [-0.15, -0.1) is 13.2 Å². The van der Waals surface area contributed by atoms with Crippen molar-refractivity contribution in [3.63, 3.8) is 0 Å². The number of alkyl halides is 3. The van der Waals surface area contributed by atoms with Gasteiger partial charge in [-0.25, -0.2) is 0 Å². The number of hydrogen-bond acceptors (Lipinski definition) is 3. The predicted octanol–water partition coefficient (Wildman–Crippen LogP) is 6.00. The topological polar surface area (TPSA) is 66.8 Å². The number of carboxylic acid groups (broad SMARTS) is 1. The number of aliphatic carboxylic acids is 1. The van der Waals surface area contributed by atoms with Gasteiger partial charge in [-0.1, -0.05) is 26.0 Å². The van der Waals surface area contributed by atoms with Crippen molar-refractivity contribution in [2.75, 3.05) is 11.4 Å². The molecule has 178 valence electrons. The lowest BCUT2D eigenvalue weighted by molar-refractivity contribution is -0.274. The third-order valence-corrected chi connectivity index (χ3v) is 5.99. The Balaban J connectivity index is 2.16. The molecule has 0 bridgehead atoms. The number of rotatable bonds is 7. The van der Waals surface area contributed by atoms with Crippen LogP contribution in [0.5, 0.6) is 5.75 Å². The molecule has 33 heavy (non-hydrogen) atoms. The lowest BCUT2D eigenvalue weighted by atomic mass is 9.75. The summed E-state index contributed by atoms with van der Waals surface area (Å²) in [6.07, 6.45) is -3.77. The molecule has 0 saturated carbocycles. The molecule has 0 aromatic heterocycles. The molecular weight excluding hydrogens is 435 g/mol. The highest BCUT2D eigenvalue weighted by Crippen LogP contribution is 2.45. The summed E-state index contributed by atoms with van der Waals surface area (Å²) in [6.45, 7) is 8.10. The molecule has 1 N–H and O–H groups in total. The van der Waals surface area contributed by atoms with E-state index in [2.05, 4.69) is 4.74 Å². The highest BCUT2D eigenvalue weighted by Gasteiger charge is 2.37. The maximum absolute atomic E-state index is 13.1. The zero-order valence-corrected chi connectivity index (χ0v) is 19.2. The van der Waals surface area contributed by atoms with Crippen LogP contribution in [-0.4, -0.2) is 29.9 Å². The van der Waals surface area contributed by atoms with E-state index in [-0.39, 0.29) is 23.6 Å². The molecule has 5 nitrogen and oxygen atoms in total. The molecule has 2 aromatic carbocycles. The van der Waals surface area contributed by atoms with E-state index in [1.807, 2.05) is 33.8 Å². The van der Waals surface area contributed by atoms with Gasteiger partial charge in [0, 0.05) is 36.1 Å². The van der Waals surface area contributed by atoms with Gasteiger partial charge in [0.1, 0.15) is 5.75 Å². The fourth-order valence-corrected chi connectivity index (χ4v) is 4.40. The van der Waals surface area contributed by atoms with Crippen LogP contribution in [0.1, 0.15) is 56.7 Å².